The number of anilines is 1. The molecule has 0 aliphatic heterocycles. The monoisotopic (exact) mass is 457 g/mol. The summed E-state index contributed by atoms with van der Waals surface area (Å²) < 4.78 is 26.5. The van der Waals surface area contributed by atoms with Gasteiger partial charge in [0.1, 0.15) is 17.9 Å². The summed E-state index contributed by atoms with van der Waals surface area (Å²) in [5.41, 5.74) is 10.4. The van der Waals surface area contributed by atoms with Crippen LogP contribution in [0.25, 0.3) is 28.0 Å². The van der Waals surface area contributed by atoms with Crippen LogP contribution in [0, 0.1) is 0 Å². The fourth-order valence-electron chi connectivity index (χ4n) is 3.65. The molecule has 0 saturated heterocycles. The van der Waals surface area contributed by atoms with Crippen molar-refractivity contribution in [3.8, 4) is 0 Å². The molecule has 0 saturated carbocycles. The van der Waals surface area contributed by atoms with E-state index >= 15 is 0 Å². The average Bonchev–Trinajstić information content (AvgIpc) is 3.17. The summed E-state index contributed by atoms with van der Waals surface area (Å²) in [4.78, 5) is 21.1. The van der Waals surface area contributed by atoms with E-state index in [1.54, 1.807) is 13.0 Å². The zero-order chi connectivity index (χ0) is 24.7. The highest BCUT2D eigenvalue weighted by Gasteiger charge is 2.25. The second kappa shape index (κ2) is 10.7. The van der Waals surface area contributed by atoms with E-state index in [1.165, 1.54) is 6.08 Å². The number of hydrogen-bond donors (Lipinski definition) is 2. The Labute approximate surface area is 195 Å². The highest BCUT2D eigenvalue weighted by atomic mass is 16.5. The van der Waals surface area contributed by atoms with Crippen LogP contribution in [0.4, 0.5) is 5.82 Å². The van der Waals surface area contributed by atoms with Crippen LogP contribution in [0.2, 0.25) is 1.41 Å². The van der Waals surface area contributed by atoms with Crippen LogP contribution in [0.3, 0.4) is 0 Å². The molecule has 0 aliphatic rings. The molecule has 4 N–H and O–H groups in total. The summed E-state index contributed by atoms with van der Waals surface area (Å²) >= 11 is 0. The summed E-state index contributed by atoms with van der Waals surface area (Å²) in [6.45, 7) is 10.3. The minimum Gasteiger partial charge on any atom is -0.463 e. The van der Waals surface area contributed by atoms with Crippen LogP contribution in [-0.2, 0) is 32.2 Å². The minimum absolute atomic E-state index is 0.317. The Morgan fingerprint density at radius 2 is 2.09 bits per heavy atom. The third-order valence-corrected chi connectivity index (χ3v) is 5.06. The van der Waals surface area contributed by atoms with E-state index in [2.05, 4.69) is 15.3 Å². The molecule has 0 atom stereocenters. The van der Waals surface area contributed by atoms with Crippen LogP contribution >= 0.6 is 0 Å². The molecule has 0 fully saturated rings. The van der Waals surface area contributed by atoms with Gasteiger partial charge in [-0.25, -0.2) is 14.8 Å². The van der Waals surface area contributed by atoms with Gasteiger partial charge in [0.25, 0.3) is 0 Å². The van der Waals surface area contributed by atoms with Crippen molar-refractivity contribution in [2.24, 2.45) is 5.73 Å². The zero-order valence-corrected chi connectivity index (χ0v) is 19.7. The number of pyridine rings is 1. The molecule has 3 rings (SSSR count). The molecule has 0 aliphatic carbocycles. The Morgan fingerprint density at radius 1 is 1.27 bits per heavy atom. The topological polar surface area (TPSA) is 128 Å². The number of aromatic nitrogens is 3. The van der Waals surface area contributed by atoms with Gasteiger partial charge < -0.3 is 30.2 Å². The number of nitrogens with two attached hydrogens (primary N) is 2. The maximum absolute atomic E-state index is 11.7. The van der Waals surface area contributed by atoms with Gasteiger partial charge in [-0.1, -0.05) is 12.1 Å². The van der Waals surface area contributed by atoms with Crippen molar-refractivity contribution in [3.63, 3.8) is 0 Å². The lowest BCUT2D eigenvalue weighted by molar-refractivity contribution is -0.137. The standard InChI is InChI=1S/C24H33N5O4/c1-5-31-14-19-28-21-22(29(19)15-24(3,4)33-12-11-25)17-9-7-16(8-10-20(30)32-6-2)13-18(17)27-23(21)26/h7-10,13H,5-6,11-12,14-15,25H2,1-4H3,(H2,26,27)/b10-8+/i/hT. The van der Waals surface area contributed by atoms with Crippen molar-refractivity contribution in [3.05, 3.63) is 35.7 Å². The fraction of sp³-hybridized carbons (Fsp3) is 0.458. The lowest BCUT2D eigenvalue weighted by Gasteiger charge is -2.27. The van der Waals surface area contributed by atoms with Gasteiger partial charge in [0, 0.05) is 24.6 Å². The molecule has 2 heterocycles. The molecule has 178 valence electrons. The summed E-state index contributed by atoms with van der Waals surface area (Å²) in [5.74, 6) is 0.655. The maximum atomic E-state index is 11.7. The molecular weight excluding hydrogens is 422 g/mol. The number of rotatable bonds is 12. The van der Waals surface area contributed by atoms with E-state index in [1.807, 2.05) is 39.0 Å². The predicted octanol–water partition coefficient (Wildman–Crippen LogP) is 3.03. The maximum Gasteiger partial charge on any atom is 0.330 e. The van der Waals surface area contributed by atoms with E-state index in [-0.39, 0.29) is 0 Å². The zero-order valence-electron chi connectivity index (χ0n) is 20.7. The SMILES string of the molecule is [3H]Nc1nc2cc(/C=C/C(=O)OCC)ccc2c2c1nc(COCC)n2CC(C)(C)OCCN. The molecule has 0 spiro atoms. The molecule has 33 heavy (non-hydrogen) atoms. The summed E-state index contributed by atoms with van der Waals surface area (Å²) in [5, 5.41) is 0.868. The van der Waals surface area contributed by atoms with E-state index in [0.717, 1.165) is 22.3 Å². The minimum atomic E-state index is -0.513. The Kier molecular flexibility index (Phi) is 7.54. The number of esters is 1. The number of fused-ring (bicyclic) bond motifs is 3. The van der Waals surface area contributed by atoms with E-state index in [0.29, 0.717) is 56.4 Å². The molecule has 0 amide bonds. The van der Waals surface area contributed by atoms with Gasteiger partial charge in [-0.05, 0) is 45.4 Å². The molecule has 0 unspecified atom stereocenters. The summed E-state index contributed by atoms with van der Waals surface area (Å²) in [7, 11) is 0. The largest absolute Gasteiger partial charge is 0.463 e. The highest BCUT2D eigenvalue weighted by Crippen LogP contribution is 2.31. The number of nitrogens with zero attached hydrogens (tertiary/aromatic N) is 3. The van der Waals surface area contributed by atoms with Crippen LogP contribution < -0.4 is 11.5 Å². The third-order valence-electron chi connectivity index (χ3n) is 5.06. The first-order chi connectivity index (χ1) is 16.3. The molecule has 9 heteroatoms. The number of benzene rings is 1. The first kappa shape index (κ1) is 23.2. The molecule has 3 aromatic rings. The lowest BCUT2D eigenvalue weighted by Crippen LogP contribution is -2.33. The number of nitrogen functional groups attached to an aromatic ring is 1. The molecule has 0 radical (unpaired) electrons. The van der Waals surface area contributed by atoms with Gasteiger partial charge in [-0.15, -0.1) is 0 Å². The quantitative estimate of drug-likeness (QED) is 0.314. The van der Waals surface area contributed by atoms with Gasteiger partial charge in [0.15, 0.2) is 7.23 Å². The first-order valence-electron chi connectivity index (χ1n) is 11.6. The Morgan fingerprint density at radius 3 is 2.79 bits per heavy atom. The van der Waals surface area contributed by atoms with Crippen molar-refractivity contribution in [1.82, 2.24) is 14.5 Å². The second-order valence-corrected chi connectivity index (χ2v) is 8.17. The highest BCUT2D eigenvalue weighted by molar-refractivity contribution is 6.07. The van der Waals surface area contributed by atoms with Crippen molar-refractivity contribution < 1.29 is 20.4 Å². The van der Waals surface area contributed by atoms with Gasteiger partial charge in [0.2, 0.25) is 0 Å². The number of imidazole rings is 1. The van der Waals surface area contributed by atoms with Crippen LogP contribution in [0.15, 0.2) is 24.3 Å². The van der Waals surface area contributed by atoms with Crippen molar-refractivity contribution in [2.75, 3.05) is 32.1 Å². The van der Waals surface area contributed by atoms with Crippen LogP contribution in [0.1, 0.15) is 39.1 Å². The van der Waals surface area contributed by atoms with Crippen LogP contribution in [0.5, 0.6) is 0 Å². The van der Waals surface area contributed by atoms with Crippen LogP contribution in [-0.4, -0.2) is 52.5 Å². The summed E-state index contributed by atoms with van der Waals surface area (Å²) in [6.07, 6.45) is 3.06. The van der Waals surface area contributed by atoms with Gasteiger partial charge >= 0.3 is 5.97 Å². The second-order valence-electron chi connectivity index (χ2n) is 8.17. The van der Waals surface area contributed by atoms with Gasteiger partial charge in [0.05, 0.1) is 36.4 Å². The van der Waals surface area contributed by atoms with Crippen molar-refractivity contribution >= 4 is 39.8 Å². The Hall–Kier alpha value is -3.01. The average molecular weight is 458 g/mol. The number of ether oxygens (including phenoxy) is 3. The molecule has 2 aromatic heterocycles. The Bertz CT molecular complexity index is 1180. The third kappa shape index (κ3) is 5.87. The number of carbonyl (C=O) groups is 1. The van der Waals surface area contributed by atoms with Gasteiger partial charge in [-0.2, -0.15) is 0 Å². The number of carbonyl (C=O) groups excluding carboxylic acids is 1. The number of hydrogen-bond acceptors (Lipinski definition) is 8. The molecule has 0 bridgehead atoms. The predicted molar refractivity (Wildman–Crippen MR) is 130 cm³/mol. The smallest absolute Gasteiger partial charge is 0.330 e. The molecular formula is C24H33N5O4. The van der Waals surface area contributed by atoms with Crippen molar-refractivity contribution in [1.29, 1.82) is 0 Å². The fourth-order valence-corrected chi connectivity index (χ4v) is 3.65. The lowest BCUT2D eigenvalue weighted by atomic mass is 10.1. The Balaban J connectivity index is 2.17. The van der Waals surface area contributed by atoms with E-state index in [4.69, 9.17) is 26.3 Å². The van der Waals surface area contributed by atoms with E-state index < -0.39 is 11.6 Å². The summed E-state index contributed by atoms with van der Waals surface area (Å²) in [6, 6.07) is 5.71. The molecule has 9 nitrogen and oxygen atoms in total. The van der Waals surface area contributed by atoms with E-state index in [9.17, 15) is 4.79 Å². The first-order valence-corrected chi connectivity index (χ1v) is 11.1. The molecule has 1 aromatic carbocycles. The normalized spacial score (nSPS) is 12.6. The van der Waals surface area contributed by atoms with Crippen molar-refractivity contribution in [2.45, 2.75) is 46.4 Å². The van der Waals surface area contributed by atoms with Gasteiger partial charge in [-0.3, -0.25) is 0 Å².